The van der Waals surface area contributed by atoms with Crippen molar-refractivity contribution in [2.75, 3.05) is 20.6 Å². The number of hydrogen-bond acceptors (Lipinski definition) is 2. The van der Waals surface area contributed by atoms with Crippen LogP contribution in [0.3, 0.4) is 0 Å². The molecule has 0 aromatic rings. The van der Waals surface area contributed by atoms with E-state index in [-0.39, 0.29) is 6.03 Å². The van der Waals surface area contributed by atoms with Crippen molar-refractivity contribution in [1.82, 2.24) is 10.2 Å². The van der Waals surface area contributed by atoms with E-state index in [1.807, 2.05) is 0 Å². The Bertz CT molecular complexity index is 209. The van der Waals surface area contributed by atoms with Gasteiger partial charge in [-0.25, -0.2) is 4.79 Å². The van der Waals surface area contributed by atoms with E-state index in [4.69, 9.17) is 0 Å². The van der Waals surface area contributed by atoms with Crippen LogP contribution in [-0.2, 0) is 0 Å². The number of carbonyl (C=O) groups excluding carboxylic acids is 1. The van der Waals surface area contributed by atoms with Gasteiger partial charge in [0.1, 0.15) is 0 Å². The van der Waals surface area contributed by atoms with Gasteiger partial charge in [0.25, 0.3) is 0 Å². The minimum atomic E-state index is -0.678. The van der Waals surface area contributed by atoms with E-state index >= 15 is 0 Å². The summed E-state index contributed by atoms with van der Waals surface area (Å²) in [6.07, 6.45) is 6.14. The van der Waals surface area contributed by atoms with E-state index in [1.54, 1.807) is 14.1 Å². The Morgan fingerprint density at radius 2 is 1.80 bits per heavy atom. The molecule has 0 aromatic carbocycles. The van der Waals surface area contributed by atoms with Crippen LogP contribution in [0.4, 0.5) is 4.79 Å². The summed E-state index contributed by atoms with van der Waals surface area (Å²) in [6.45, 7) is 0.379. The quantitative estimate of drug-likeness (QED) is 0.682. The molecular formula is C11H22N2O2. The average Bonchev–Trinajstić information content (AvgIpc) is 2.40. The largest absolute Gasteiger partial charge is 0.388 e. The predicted molar refractivity (Wildman–Crippen MR) is 59.7 cm³/mol. The third kappa shape index (κ3) is 4.08. The van der Waals surface area contributed by atoms with E-state index in [0.29, 0.717) is 6.54 Å². The zero-order chi connectivity index (χ0) is 11.3. The molecule has 2 N–H and O–H groups in total. The molecule has 15 heavy (non-hydrogen) atoms. The summed E-state index contributed by atoms with van der Waals surface area (Å²) in [5.74, 6) is 0. The highest BCUT2D eigenvalue weighted by Gasteiger charge is 2.28. The minimum absolute atomic E-state index is 0.132. The number of hydrogen-bond donors (Lipinski definition) is 2. The molecule has 88 valence electrons. The molecule has 0 unspecified atom stereocenters. The number of nitrogens with zero attached hydrogens (tertiary/aromatic N) is 1. The topological polar surface area (TPSA) is 52.6 Å². The van der Waals surface area contributed by atoms with Crippen LogP contribution >= 0.6 is 0 Å². The van der Waals surface area contributed by atoms with Gasteiger partial charge in [-0.3, -0.25) is 0 Å². The molecule has 0 aliphatic heterocycles. The third-order valence-electron chi connectivity index (χ3n) is 3.01. The molecule has 4 heteroatoms. The van der Waals surface area contributed by atoms with Crippen molar-refractivity contribution in [2.24, 2.45) is 0 Å². The smallest absolute Gasteiger partial charge is 0.316 e. The van der Waals surface area contributed by atoms with Crippen molar-refractivity contribution in [3.05, 3.63) is 0 Å². The standard InChI is InChI=1S/C11H22N2O2/c1-13(2)10(14)12-9-11(15)7-5-3-4-6-8-11/h15H,3-9H2,1-2H3,(H,12,14). The number of rotatable bonds is 2. The van der Waals surface area contributed by atoms with Crippen LogP contribution in [-0.4, -0.2) is 42.3 Å². The van der Waals surface area contributed by atoms with Gasteiger partial charge < -0.3 is 15.3 Å². The van der Waals surface area contributed by atoms with Crippen molar-refractivity contribution >= 4 is 6.03 Å². The summed E-state index contributed by atoms with van der Waals surface area (Å²) in [5, 5.41) is 13.0. The highest BCUT2D eigenvalue weighted by Crippen LogP contribution is 2.26. The normalized spacial score (nSPS) is 20.5. The first kappa shape index (κ1) is 12.3. The SMILES string of the molecule is CN(C)C(=O)NCC1(O)CCCCCC1. The van der Waals surface area contributed by atoms with Gasteiger partial charge in [-0.1, -0.05) is 25.7 Å². The fraction of sp³-hybridized carbons (Fsp3) is 0.909. The molecule has 1 saturated carbocycles. The molecule has 0 saturated heterocycles. The minimum Gasteiger partial charge on any atom is -0.388 e. The fourth-order valence-electron chi connectivity index (χ4n) is 1.96. The van der Waals surface area contributed by atoms with Crippen LogP contribution in [0.1, 0.15) is 38.5 Å². The molecule has 0 aromatic heterocycles. The molecule has 1 rings (SSSR count). The Balaban J connectivity index is 2.37. The molecule has 2 amide bonds. The van der Waals surface area contributed by atoms with E-state index in [1.165, 1.54) is 17.7 Å². The van der Waals surface area contributed by atoms with Crippen LogP contribution in [0.2, 0.25) is 0 Å². The summed E-state index contributed by atoms with van der Waals surface area (Å²) in [7, 11) is 3.40. The first-order chi connectivity index (χ1) is 7.03. The van der Waals surface area contributed by atoms with Gasteiger partial charge in [0.2, 0.25) is 0 Å². The van der Waals surface area contributed by atoms with E-state index < -0.39 is 5.60 Å². The van der Waals surface area contributed by atoms with E-state index in [0.717, 1.165) is 25.7 Å². The highest BCUT2D eigenvalue weighted by molar-refractivity contribution is 5.73. The van der Waals surface area contributed by atoms with Crippen molar-refractivity contribution in [1.29, 1.82) is 0 Å². The van der Waals surface area contributed by atoms with Gasteiger partial charge in [-0.2, -0.15) is 0 Å². The van der Waals surface area contributed by atoms with Crippen LogP contribution in [0, 0.1) is 0 Å². The molecule has 0 radical (unpaired) electrons. The summed E-state index contributed by atoms with van der Waals surface area (Å²) in [4.78, 5) is 12.8. The van der Waals surface area contributed by atoms with Crippen LogP contribution in [0.5, 0.6) is 0 Å². The lowest BCUT2D eigenvalue weighted by Gasteiger charge is -2.27. The Morgan fingerprint density at radius 1 is 1.27 bits per heavy atom. The average molecular weight is 214 g/mol. The zero-order valence-corrected chi connectivity index (χ0v) is 9.75. The van der Waals surface area contributed by atoms with Crippen LogP contribution < -0.4 is 5.32 Å². The second-order valence-corrected chi connectivity index (χ2v) is 4.69. The molecule has 0 bridgehead atoms. The number of carbonyl (C=O) groups is 1. The maximum atomic E-state index is 11.3. The summed E-state index contributed by atoms with van der Waals surface area (Å²) >= 11 is 0. The molecule has 0 atom stereocenters. The third-order valence-corrected chi connectivity index (χ3v) is 3.01. The van der Waals surface area contributed by atoms with Crippen LogP contribution in [0.15, 0.2) is 0 Å². The number of nitrogens with one attached hydrogen (secondary N) is 1. The van der Waals surface area contributed by atoms with Crippen molar-refractivity contribution in [2.45, 2.75) is 44.1 Å². The monoisotopic (exact) mass is 214 g/mol. The lowest BCUT2D eigenvalue weighted by molar-refractivity contribution is 0.0269. The fourth-order valence-corrected chi connectivity index (χ4v) is 1.96. The van der Waals surface area contributed by atoms with E-state index in [9.17, 15) is 9.90 Å². The predicted octanol–water partition coefficient (Wildman–Crippen LogP) is 1.34. The van der Waals surface area contributed by atoms with Gasteiger partial charge >= 0.3 is 6.03 Å². The van der Waals surface area contributed by atoms with E-state index in [2.05, 4.69) is 5.32 Å². The highest BCUT2D eigenvalue weighted by atomic mass is 16.3. The van der Waals surface area contributed by atoms with Gasteiger partial charge in [0, 0.05) is 20.6 Å². The molecule has 1 fully saturated rings. The Morgan fingerprint density at radius 3 is 2.27 bits per heavy atom. The zero-order valence-electron chi connectivity index (χ0n) is 9.75. The molecule has 0 spiro atoms. The van der Waals surface area contributed by atoms with Gasteiger partial charge in [-0.05, 0) is 12.8 Å². The Labute approximate surface area is 91.6 Å². The molecule has 1 aliphatic carbocycles. The van der Waals surface area contributed by atoms with Gasteiger partial charge in [0.05, 0.1) is 5.60 Å². The van der Waals surface area contributed by atoms with Crippen molar-refractivity contribution < 1.29 is 9.90 Å². The lowest BCUT2D eigenvalue weighted by Crippen LogP contribution is -2.45. The molecule has 0 heterocycles. The first-order valence-corrected chi connectivity index (χ1v) is 5.71. The second kappa shape index (κ2) is 5.35. The summed E-state index contributed by atoms with van der Waals surface area (Å²) in [6, 6.07) is -0.132. The maximum absolute atomic E-state index is 11.3. The molecule has 4 nitrogen and oxygen atoms in total. The number of aliphatic hydroxyl groups is 1. The summed E-state index contributed by atoms with van der Waals surface area (Å²) < 4.78 is 0. The first-order valence-electron chi connectivity index (χ1n) is 5.71. The van der Waals surface area contributed by atoms with Gasteiger partial charge in [-0.15, -0.1) is 0 Å². The van der Waals surface area contributed by atoms with Crippen LogP contribution in [0.25, 0.3) is 0 Å². The molecule has 1 aliphatic rings. The number of urea groups is 1. The second-order valence-electron chi connectivity index (χ2n) is 4.69. The Kier molecular flexibility index (Phi) is 4.39. The Hall–Kier alpha value is -0.770. The van der Waals surface area contributed by atoms with Crippen molar-refractivity contribution in [3.63, 3.8) is 0 Å². The summed E-state index contributed by atoms with van der Waals surface area (Å²) in [5.41, 5.74) is -0.678. The maximum Gasteiger partial charge on any atom is 0.316 e. The molecular weight excluding hydrogens is 192 g/mol. The lowest BCUT2D eigenvalue weighted by atomic mass is 9.95. The van der Waals surface area contributed by atoms with Gasteiger partial charge in [0.15, 0.2) is 0 Å². The van der Waals surface area contributed by atoms with Crippen molar-refractivity contribution in [3.8, 4) is 0 Å². The number of amides is 2.